The molecule has 0 aliphatic rings. The molecule has 126 valence electrons. The molecular weight excluding hydrogens is 329 g/mol. The molecule has 0 spiro atoms. The Bertz CT molecular complexity index is 981. The number of hydrogen-bond acceptors (Lipinski definition) is 3. The van der Waals surface area contributed by atoms with Crippen LogP contribution in [0.2, 0.25) is 0 Å². The van der Waals surface area contributed by atoms with Gasteiger partial charge in [-0.15, -0.1) is 0 Å². The predicted octanol–water partition coefficient (Wildman–Crippen LogP) is 4.32. The average Bonchev–Trinajstić information content (AvgIpc) is 2.91. The van der Waals surface area contributed by atoms with Crippen LogP contribution in [0.1, 0.15) is 16.7 Å². The van der Waals surface area contributed by atoms with Gasteiger partial charge in [-0.2, -0.15) is 23.5 Å². The maximum atomic E-state index is 13.0. The SMILES string of the molecule is Cc1ccccc1-n1nc(-c2cccc(C(F)(F)F)c2)c(C#N)c1N. The zero-order chi connectivity index (χ0) is 18.2. The van der Waals surface area contributed by atoms with E-state index in [9.17, 15) is 18.4 Å². The van der Waals surface area contributed by atoms with Gasteiger partial charge in [-0.25, -0.2) is 4.68 Å². The molecule has 1 heterocycles. The van der Waals surface area contributed by atoms with Crippen molar-refractivity contribution in [1.82, 2.24) is 9.78 Å². The van der Waals surface area contributed by atoms with Crippen molar-refractivity contribution >= 4 is 5.82 Å². The number of nitriles is 1. The molecule has 2 N–H and O–H groups in total. The second-order valence-electron chi connectivity index (χ2n) is 5.50. The highest BCUT2D eigenvalue weighted by atomic mass is 19.4. The van der Waals surface area contributed by atoms with Crippen LogP contribution in [0.25, 0.3) is 16.9 Å². The largest absolute Gasteiger partial charge is 0.416 e. The molecule has 0 amide bonds. The third-order valence-corrected chi connectivity index (χ3v) is 3.84. The topological polar surface area (TPSA) is 67.6 Å². The number of alkyl halides is 3. The summed E-state index contributed by atoms with van der Waals surface area (Å²) in [6, 6.07) is 13.9. The number of nitrogens with two attached hydrogens (primary N) is 1. The fourth-order valence-electron chi connectivity index (χ4n) is 2.57. The van der Waals surface area contributed by atoms with E-state index < -0.39 is 11.7 Å². The lowest BCUT2D eigenvalue weighted by Crippen LogP contribution is -2.05. The van der Waals surface area contributed by atoms with Gasteiger partial charge in [-0.1, -0.05) is 30.3 Å². The Morgan fingerprint density at radius 2 is 1.84 bits per heavy atom. The van der Waals surface area contributed by atoms with Gasteiger partial charge in [0.15, 0.2) is 0 Å². The van der Waals surface area contributed by atoms with E-state index in [0.29, 0.717) is 5.69 Å². The maximum absolute atomic E-state index is 13.0. The predicted molar refractivity (Wildman–Crippen MR) is 87.9 cm³/mol. The Morgan fingerprint density at radius 1 is 1.12 bits per heavy atom. The number of halogens is 3. The second-order valence-corrected chi connectivity index (χ2v) is 5.50. The lowest BCUT2D eigenvalue weighted by atomic mass is 10.0. The molecule has 0 radical (unpaired) electrons. The fraction of sp³-hybridized carbons (Fsp3) is 0.111. The number of nitrogens with zero attached hydrogens (tertiary/aromatic N) is 3. The van der Waals surface area contributed by atoms with Crippen LogP contribution >= 0.6 is 0 Å². The first-order valence-electron chi connectivity index (χ1n) is 7.35. The molecule has 0 unspecified atom stereocenters. The van der Waals surface area contributed by atoms with Crippen LogP contribution in [0.15, 0.2) is 48.5 Å². The number of aromatic nitrogens is 2. The summed E-state index contributed by atoms with van der Waals surface area (Å²) in [6.45, 7) is 1.85. The Hall–Kier alpha value is -3.27. The fourth-order valence-corrected chi connectivity index (χ4v) is 2.57. The van der Waals surface area contributed by atoms with E-state index in [2.05, 4.69) is 5.10 Å². The van der Waals surface area contributed by atoms with E-state index in [1.165, 1.54) is 16.8 Å². The monoisotopic (exact) mass is 342 g/mol. The van der Waals surface area contributed by atoms with Crippen LogP contribution in [0.5, 0.6) is 0 Å². The van der Waals surface area contributed by atoms with Crippen molar-refractivity contribution in [1.29, 1.82) is 5.26 Å². The summed E-state index contributed by atoms with van der Waals surface area (Å²) < 4.78 is 40.2. The normalized spacial score (nSPS) is 11.3. The number of nitrogen functional groups attached to an aromatic ring is 1. The molecule has 0 aliphatic carbocycles. The van der Waals surface area contributed by atoms with Crippen molar-refractivity contribution in [2.75, 3.05) is 5.73 Å². The van der Waals surface area contributed by atoms with Crippen LogP contribution in [0.4, 0.5) is 19.0 Å². The molecular formula is C18H13F3N4. The Kier molecular flexibility index (Phi) is 3.97. The van der Waals surface area contributed by atoms with Crippen molar-refractivity contribution in [3.05, 3.63) is 65.2 Å². The second kappa shape index (κ2) is 5.98. The zero-order valence-electron chi connectivity index (χ0n) is 13.2. The lowest BCUT2D eigenvalue weighted by Gasteiger charge is -2.08. The van der Waals surface area contributed by atoms with Crippen molar-refractivity contribution in [2.45, 2.75) is 13.1 Å². The summed E-state index contributed by atoms with van der Waals surface area (Å²) in [7, 11) is 0. The first kappa shape index (κ1) is 16.6. The van der Waals surface area contributed by atoms with Crippen LogP contribution in [0, 0.1) is 18.3 Å². The van der Waals surface area contributed by atoms with Crippen molar-refractivity contribution < 1.29 is 13.2 Å². The molecule has 3 aromatic rings. The molecule has 4 nitrogen and oxygen atoms in total. The van der Waals surface area contributed by atoms with Gasteiger partial charge in [-0.3, -0.25) is 0 Å². The van der Waals surface area contributed by atoms with Crippen molar-refractivity contribution in [2.24, 2.45) is 0 Å². The van der Waals surface area contributed by atoms with E-state index in [1.807, 2.05) is 25.1 Å². The highest BCUT2D eigenvalue weighted by Gasteiger charge is 2.31. The smallest absolute Gasteiger partial charge is 0.382 e. The quantitative estimate of drug-likeness (QED) is 0.754. The van der Waals surface area contributed by atoms with Crippen LogP contribution in [0.3, 0.4) is 0 Å². The molecule has 2 aromatic carbocycles. The van der Waals surface area contributed by atoms with Gasteiger partial charge in [0.25, 0.3) is 0 Å². The molecule has 0 bridgehead atoms. The number of para-hydroxylation sites is 1. The van der Waals surface area contributed by atoms with Gasteiger partial charge < -0.3 is 5.73 Å². The summed E-state index contributed by atoms with van der Waals surface area (Å²) in [4.78, 5) is 0. The van der Waals surface area contributed by atoms with Crippen LogP contribution in [-0.4, -0.2) is 9.78 Å². The highest BCUT2D eigenvalue weighted by molar-refractivity contribution is 5.74. The standard InChI is InChI=1S/C18H13F3N4/c1-11-5-2-3-8-15(11)25-17(23)14(10-22)16(24-25)12-6-4-7-13(9-12)18(19,20)21/h2-9H,23H2,1H3. The van der Waals surface area contributed by atoms with Gasteiger partial charge in [-0.05, 0) is 30.7 Å². The summed E-state index contributed by atoms with van der Waals surface area (Å²) in [5, 5.41) is 13.7. The molecule has 7 heteroatoms. The molecule has 0 atom stereocenters. The zero-order valence-corrected chi connectivity index (χ0v) is 13.2. The van der Waals surface area contributed by atoms with E-state index >= 15 is 0 Å². The molecule has 25 heavy (non-hydrogen) atoms. The molecule has 1 aromatic heterocycles. The van der Waals surface area contributed by atoms with Gasteiger partial charge in [0.2, 0.25) is 0 Å². The minimum Gasteiger partial charge on any atom is -0.382 e. The third kappa shape index (κ3) is 2.94. The van der Waals surface area contributed by atoms with E-state index in [-0.39, 0.29) is 22.6 Å². The molecule has 3 rings (SSSR count). The molecule has 0 saturated heterocycles. The van der Waals surface area contributed by atoms with Gasteiger partial charge in [0, 0.05) is 5.56 Å². The van der Waals surface area contributed by atoms with E-state index in [4.69, 9.17) is 5.73 Å². The maximum Gasteiger partial charge on any atom is 0.416 e. The average molecular weight is 342 g/mol. The summed E-state index contributed by atoms with van der Waals surface area (Å²) in [6.07, 6.45) is -4.48. The molecule has 0 fully saturated rings. The number of hydrogen-bond donors (Lipinski definition) is 1. The number of anilines is 1. The number of rotatable bonds is 2. The van der Waals surface area contributed by atoms with Gasteiger partial charge in [0.05, 0.1) is 11.3 Å². The van der Waals surface area contributed by atoms with E-state index in [1.54, 1.807) is 12.1 Å². The first-order chi connectivity index (χ1) is 11.8. The summed E-state index contributed by atoms with van der Waals surface area (Å²) in [5.41, 5.74) is 7.11. The Labute approximate surface area is 141 Å². The minimum atomic E-state index is -4.48. The lowest BCUT2D eigenvalue weighted by molar-refractivity contribution is -0.137. The van der Waals surface area contributed by atoms with Gasteiger partial charge >= 0.3 is 6.18 Å². The number of aryl methyl sites for hydroxylation is 1. The Balaban J connectivity index is 2.21. The van der Waals surface area contributed by atoms with Crippen molar-refractivity contribution in [3.8, 4) is 23.0 Å². The Morgan fingerprint density at radius 3 is 2.48 bits per heavy atom. The number of benzene rings is 2. The highest BCUT2D eigenvalue weighted by Crippen LogP contribution is 2.34. The first-order valence-corrected chi connectivity index (χ1v) is 7.35. The minimum absolute atomic E-state index is 0.0441. The van der Waals surface area contributed by atoms with E-state index in [0.717, 1.165) is 17.7 Å². The van der Waals surface area contributed by atoms with Crippen LogP contribution in [-0.2, 0) is 6.18 Å². The third-order valence-electron chi connectivity index (χ3n) is 3.84. The van der Waals surface area contributed by atoms with Gasteiger partial charge in [0.1, 0.15) is 23.1 Å². The van der Waals surface area contributed by atoms with Crippen LogP contribution < -0.4 is 5.73 Å². The molecule has 0 saturated carbocycles. The summed E-state index contributed by atoms with van der Waals surface area (Å²) in [5.74, 6) is 0.0872. The summed E-state index contributed by atoms with van der Waals surface area (Å²) >= 11 is 0. The van der Waals surface area contributed by atoms with Crippen molar-refractivity contribution in [3.63, 3.8) is 0 Å². The molecule has 0 aliphatic heterocycles.